The molecule has 0 aliphatic rings. The van der Waals surface area contributed by atoms with Crippen LogP contribution in [0.2, 0.25) is 0 Å². The standard InChI is InChI=1S/C12H14N2O2/c1-7-12(11(16)6-13)9-5-8(15)3-4-10(9)14(7)2/h3-5,15H,6,13H2,1-2H3. The average molecular weight is 218 g/mol. The normalized spacial score (nSPS) is 10.9. The lowest BCUT2D eigenvalue weighted by Crippen LogP contribution is -2.14. The zero-order chi connectivity index (χ0) is 11.9. The molecule has 0 radical (unpaired) electrons. The van der Waals surface area contributed by atoms with Crippen LogP contribution in [0.1, 0.15) is 16.1 Å². The van der Waals surface area contributed by atoms with Gasteiger partial charge < -0.3 is 15.4 Å². The molecule has 4 heteroatoms. The fourth-order valence-corrected chi connectivity index (χ4v) is 2.01. The Kier molecular flexibility index (Phi) is 2.44. The van der Waals surface area contributed by atoms with E-state index in [9.17, 15) is 9.90 Å². The fourth-order valence-electron chi connectivity index (χ4n) is 2.01. The molecule has 1 aromatic heterocycles. The Morgan fingerprint density at radius 2 is 2.19 bits per heavy atom. The summed E-state index contributed by atoms with van der Waals surface area (Å²) >= 11 is 0. The Hall–Kier alpha value is -1.81. The monoisotopic (exact) mass is 218 g/mol. The van der Waals surface area contributed by atoms with Crippen molar-refractivity contribution in [2.24, 2.45) is 12.8 Å². The highest BCUT2D eigenvalue weighted by Gasteiger charge is 2.17. The highest BCUT2D eigenvalue weighted by molar-refractivity contribution is 6.10. The first-order chi connectivity index (χ1) is 7.56. The summed E-state index contributed by atoms with van der Waals surface area (Å²) in [6.07, 6.45) is 0. The van der Waals surface area contributed by atoms with E-state index in [1.54, 1.807) is 18.2 Å². The SMILES string of the molecule is Cc1c(C(=O)CN)c2cc(O)ccc2n1C. The smallest absolute Gasteiger partial charge is 0.178 e. The summed E-state index contributed by atoms with van der Waals surface area (Å²) in [5, 5.41) is 10.2. The van der Waals surface area contributed by atoms with Gasteiger partial charge in [-0.1, -0.05) is 0 Å². The fraction of sp³-hybridized carbons (Fsp3) is 0.250. The summed E-state index contributed by atoms with van der Waals surface area (Å²) in [4.78, 5) is 11.8. The molecular weight excluding hydrogens is 204 g/mol. The van der Waals surface area contributed by atoms with Crippen LogP contribution < -0.4 is 5.73 Å². The van der Waals surface area contributed by atoms with E-state index >= 15 is 0 Å². The molecular formula is C12H14N2O2. The number of aromatic nitrogens is 1. The van der Waals surface area contributed by atoms with Gasteiger partial charge in [0.15, 0.2) is 5.78 Å². The third-order valence-corrected chi connectivity index (χ3v) is 2.94. The molecule has 0 amide bonds. The van der Waals surface area contributed by atoms with Crippen LogP contribution in [0.15, 0.2) is 18.2 Å². The quantitative estimate of drug-likeness (QED) is 0.747. The van der Waals surface area contributed by atoms with E-state index in [4.69, 9.17) is 5.73 Å². The molecule has 0 bridgehead atoms. The van der Waals surface area contributed by atoms with E-state index in [-0.39, 0.29) is 18.1 Å². The lowest BCUT2D eigenvalue weighted by atomic mass is 10.1. The van der Waals surface area contributed by atoms with Crippen molar-refractivity contribution < 1.29 is 9.90 Å². The predicted molar refractivity (Wildman–Crippen MR) is 62.7 cm³/mol. The number of aryl methyl sites for hydroxylation is 1. The molecule has 0 unspecified atom stereocenters. The molecule has 0 spiro atoms. The van der Waals surface area contributed by atoms with Crippen molar-refractivity contribution in [3.05, 3.63) is 29.5 Å². The minimum atomic E-state index is -0.103. The Labute approximate surface area is 93.3 Å². The lowest BCUT2D eigenvalue weighted by Gasteiger charge is -1.99. The molecule has 0 atom stereocenters. The number of rotatable bonds is 2. The Morgan fingerprint density at radius 1 is 1.50 bits per heavy atom. The number of benzene rings is 1. The molecule has 0 aliphatic heterocycles. The minimum Gasteiger partial charge on any atom is -0.508 e. The van der Waals surface area contributed by atoms with Crippen LogP contribution >= 0.6 is 0 Å². The van der Waals surface area contributed by atoms with E-state index in [1.165, 1.54) is 0 Å². The number of nitrogens with two attached hydrogens (primary N) is 1. The molecule has 1 aromatic carbocycles. The van der Waals surface area contributed by atoms with Gasteiger partial charge in [0.05, 0.1) is 6.54 Å². The van der Waals surface area contributed by atoms with Gasteiger partial charge in [0.2, 0.25) is 0 Å². The first kappa shape index (κ1) is 10.7. The highest BCUT2D eigenvalue weighted by atomic mass is 16.3. The Morgan fingerprint density at radius 3 is 2.81 bits per heavy atom. The van der Waals surface area contributed by atoms with E-state index in [1.807, 2.05) is 18.5 Å². The third-order valence-electron chi connectivity index (χ3n) is 2.94. The van der Waals surface area contributed by atoms with Crippen LogP contribution in [0.25, 0.3) is 10.9 Å². The highest BCUT2D eigenvalue weighted by Crippen LogP contribution is 2.28. The number of fused-ring (bicyclic) bond motifs is 1. The van der Waals surface area contributed by atoms with Gasteiger partial charge in [-0.2, -0.15) is 0 Å². The summed E-state index contributed by atoms with van der Waals surface area (Å²) in [6, 6.07) is 5.01. The van der Waals surface area contributed by atoms with Crippen molar-refractivity contribution in [3.8, 4) is 5.75 Å². The molecule has 0 fully saturated rings. The van der Waals surface area contributed by atoms with Gasteiger partial charge in [-0.05, 0) is 25.1 Å². The number of phenolic OH excluding ortho intramolecular Hbond substituents is 1. The van der Waals surface area contributed by atoms with Crippen molar-refractivity contribution in [1.82, 2.24) is 4.57 Å². The lowest BCUT2D eigenvalue weighted by molar-refractivity contribution is 0.100. The van der Waals surface area contributed by atoms with Gasteiger partial charge in [0, 0.05) is 29.2 Å². The van der Waals surface area contributed by atoms with E-state index in [0.29, 0.717) is 5.56 Å². The Bertz CT molecular complexity index is 570. The number of ketones is 1. The molecule has 3 N–H and O–H groups in total. The summed E-state index contributed by atoms with van der Waals surface area (Å²) in [5.74, 6) is 0.0536. The van der Waals surface area contributed by atoms with Gasteiger partial charge in [0.25, 0.3) is 0 Å². The predicted octanol–water partition coefficient (Wildman–Crippen LogP) is 1.33. The molecule has 2 rings (SSSR count). The number of nitrogens with zero attached hydrogens (tertiary/aromatic N) is 1. The number of carbonyl (C=O) groups excluding carboxylic acids is 1. The third kappa shape index (κ3) is 1.39. The number of aromatic hydroxyl groups is 1. The number of phenols is 1. The van der Waals surface area contributed by atoms with E-state index in [0.717, 1.165) is 16.6 Å². The van der Waals surface area contributed by atoms with Crippen LogP contribution in [0, 0.1) is 6.92 Å². The van der Waals surface area contributed by atoms with Crippen LogP contribution in [-0.2, 0) is 7.05 Å². The van der Waals surface area contributed by atoms with E-state index in [2.05, 4.69) is 0 Å². The second-order valence-corrected chi connectivity index (χ2v) is 3.85. The topological polar surface area (TPSA) is 68.2 Å². The Balaban J connectivity index is 2.85. The largest absolute Gasteiger partial charge is 0.508 e. The molecule has 84 valence electrons. The van der Waals surface area contributed by atoms with Crippen LogP contribution in [0.4, 0.5) is 0 Å². The maximum atomic E-state index is 11.8. The number of hydrogen-bond acceptors (Lipinski definition) is 3. The first-order valence-corrected chi connectivity index (χ1v) is 5.07. The molecule has 16 heavy (non-hydrogen) atoms. The number of hydrogen-bond donors (Lipinski definition) is 2. The van der Waals surface area contributed by atoms with Gasteiger partial charge in [0.1, 0.15) is 5.75 Å². The van der Waals surface area contributed by atoms with Gasteiger partial charge in [-0.3, -0.25) is 4.79 Å². The maximum absolute atomic E-state index is 11.8. The van der Waals surface area contributed by atoms with E-state index < -0.39 is 0 Å². The zero-order valence-corrected chi connectivity index (χ0v) is 9.32. The summed E-state index contributed by atoms with van der Waals surface area (Å²) in [7, 11) is 1.89. The number of Topliss-reactive ketones (excluding diaryl/α,β-unsaturated/α-hetero) is 1. The van der Waals surface area contributed by atoms with Crippen LogP contribution in [0.5, 0.6) is 5.75 Å². The van der Waals surface area contributed by atoms with Crippen LogP contribution in [0.3, 0.4) is 0 Å². The maximum Gasteiger partial charge on any atom is 0.178 e. The molecule has 0 aliphatic carbocycles. The minimum absolute atomic E-state index is 0.0182. The second kappa shape index (κ2) is 3.64. The number of carbonyl (C=O) groups is 1. The van der Waals surface area contributed by atoms with Crippen molar-refractivity contribution >= 4 is 16.7 Å². The summed E-state index contributed by atoms with van der Waals surface area (Å²) < 4.78 is 1.93. The van der Waals surface area contributed by atoms with Crippen molar-refractivity contribution in [3.63, 3.8) is 0 Å². The van der Waals surface area contributed by atoms with Gasteiger partial charge in [-0.15, -0.1) is 0 Å². The van der Waals surface area contributed by atoms with Gasteiger partial charge >= 0.3 is 0 Å². The molecule has 4 nitrogen and oxygen atoms in total. The summed E-state index contributed by atoms with van der Waals surface area (Å²) in [6.45, 7) is 1.86. The molecule has 2 aromatic rings. The van der Waals surface area contributed by atoms with Crippen molar-refractivity contribution in [2.75, 3.05) is 6.54 Å². The zero-order valence-electron chi connectivity index (χ0n) is 9.32. The molecule has 0 saturated heterocycles. The molecule has 1 heterocycles. The summed E-state index contributed by atoms with van der Waals surface area (Å²) in [5.41, 5.74) is 7.79. The second-order valence-electron chi connectivity index (χ2n) is 3.85. The average Bonchev–Trinajstić information content (AvgIpc) is 2.51. The van der Waals surface area contributed by atoms with Crippen molar-refractivity contribution in [1.29, 1.82) is 0 Å². The van der Waals surface area contributed by atoms with Gasteiger partial charge in [-0.25, -0.2) is 0 Å². The molecule has 0 saturated carbocycles. The van der Waals surface area contributed by atoms with Crippen LogP contribution in [-0.4, -0.2) is 22.0 Å². The van der Waals surface area contributed by atoms with Crippen molar-refractivity contribution in [2.45, 2.75) is 6.92 Å². The first-order valence-electron chi connectivity index (χ1n) is 5.07.